The first-order valence-electron chi connectivity index (χ1n) is 14.2. The summed E-state index contributed by atoms with van der Waals surface area (Å²) in [6.45, 7) is 4.53. The van der Waals surface area contributed by atoms with E-state index in [-0.39, 0.29) is 18.1 Å². The number of anilines is 1. The lowest BCUT2D eigenvalue weighted by molar-refractivity contribution is -0.140. The van der Waals surface area contributed by atoms with Crippen LogP contribution in [0.3, 0.4) is 0 Å². The third-order valence-corrected chi connectivity index (χ3v) is 9.54. The summed E-state index contributed by atoms with van der Waals surface area (Å²) in [7, 11) is 0. The molecular weight excluding hydrogens is 579 g/mol. The molecule has 9 heteroatoms. The number of aromatic nitrogens is 1. The number of para-hydroxylation sites is 1. The fourth-order valence-electron chi connectivity index (χ4n) is 5.57. The number of rotatable bonds is 8. The summed E-state index contributed by atoms with van der Waals surface area (Å²) < 4.78 is 7.65. The van der Waals surface area contributed by atoms with E-state index in [0.29, 0.717) is 32.7 Å². The quantitative estimate of drug-likeness (QED) is 0.202. The zero-order chi connectivity index (χ0) is 30.1. The number of thiazole rings is 1. The summed E-state index contributed by atoms with van der Waals surface area (Å²) in [5.74, 6) is -0.714. The van der Waals surface area contributed by atoms with E-state index >= 15 is 0 Å². The fourth-order valence-corrected chi connectivity index (χ4v) is 7.12. The van der Waals surface area contributed by atoms with E-state index in [1.54, 1.807) is 28.2 Å². The number of unbranched alkanes of at least 4 members (excludes halogenated alkanes) is 1. The smallest absolute Gasteiger partial charge is 0.338 e. The molecule has 0 saturated heterocycles. The molecule has 1 unspecified atom stereocenters. The molecule has 0 spiro atoms. The number of esters is 1. The minimum Gasteiger partial charge on any atom is -0.457 e. The van der Waals surface area contributed by atoms with Gasteiger partial charge in [0.1, 0.15) is 11.1 Å². The van der Waals surface area contributed by atoms with Crippen molar-refractivity contribution in [1.82, 2.24) is 4.57 Å². The van der Waals surface area contributed by atoms with Crippen molar-refractivity contribution in [2.75, 3.05) is 17.7 Å². The van der Waals surface area contributed by atoms with Gasteiger partial charge >= 0.3 is 5.97 Å². The van der Waals surface area contributed by atoms with E-state index in [1.807, 2.05) is 85.1 Å². The number of hydrogen-bond donors (Lipinski definition) is 0. The summed E-state index contributed by atoms with van der Waals surface area (Å²) in [4.78, 5) is 49.9. The van der Waals surface area contributed by atoms with Crippen molar-refractivity contribution in [3.8, 4) is 0 Å². The second kappa shape index (κ2) is 12.2. The molecule has 6 rings (SSSR count). The Morgan fingerprint density at radius 2 is 1.72 bits per heavy atom. The highest BCUT2D eigenvalue weighted by atomic mass is 32.2. The largest absolute Gasteiger partial charge is 0.457 e. The maximum Gasteiger partial charge on any atom is 0.338 e. The number of nitrogens with zero attached hydrogens (tertiary/aromatic N) is 3. The molecule has 3 aromatic carbocycles. The summed E-state index contributed by atoms with van der Waals surface area (Å²) in [6, 6.07) is 24.1. The van der Waals surface area contributed by atoms with Crippen molar-refractivity contribution in [2.24, 2.45) is 4.99 Å². The summed E-state index contributed by atoms with van der Waals surface area (Å²) in [6.07, 6.45) is 3.80. The Labute approximate surface area is 257 Å². The van der Waals surface area contributed by atoms with Crippen LogP contribution in [0.2, 0.25) is 0 Å². The Kier molecular flexibility index (Phi) is 8.19. The molecule has 0 fully saturated rings. The van der Waals surface area contributed by atoms with Gasteiger partial charge < -0.3 is 9.64 Å². The Bertz CT molecular complexity index is 1920. The summed E-state index contributed by atoms with van der Waals surface area (Å²) in [5, 5.41) is 0. The van der Waals surface area contributed by atoms with Gasteiger partial charge in [-0.15, -0.1) is 11.8 Å². The van der Waals surface area contributed by atoms with Gasteiger partial charge in [0.2, 0.25) is 0 Å². The molecule has 1 atom stereocenters. The van der Waals surface area contributed by atoms with Gasteiger partial charge in [-0.1, -0.05) is 85.3 Å². The second-order valence-electron chi connectivity index (χ2n) is 10.4. The zero-order valence-corrected chi connectivity index (χ0v) is 25.8. The first-order chi connectivity index (χ1) is 20.9. The van der Waals surface area contributed by atoms with Gasteiger partial charge in [-0.25, -0.2) is 9.79 Å². The number of hydrogen-bond acceptors (Lipinski definition) is 7. The highest BCUT2D eigenvalue weighted by Crippen LogP contribution is 2.36. The predicted molar refractivity (Wildman–Crippen MR) is 171 cm³/mol. The number of fused-ring (bicyclic) bond motifs is 2. The maximum atomic E-state index is 14.4. The molecule has 2 aliphatic heterocycles. The van der Waals surface area contributed by atoms with Crippen molar-refractivity contribution in [1.29, 1.82) is 0 Å². The highest BCUT2D eigenvalue weighted by Gasteiger charge is 2.37. The number of carbonyl (C=O) groups is 2. The van der Waals surface area contributed by atoms with Gasteiger partial charge in [0.15, 0.2) is 4.80 Å². The molecule has 0 aliphatic carbocycles. The molecule has 0 radical (unpaired) electrons. The number of amides is 1. The van der Waals surface area contributed by atoms with E-state index in [4.69, 9.17) is 9.73 Å². The van der Waals surface area contributed by atoms with E-state index < -0.39 is 12.0 Å². The molecule has 0 bridgehead atoms. The topological polar surface area (TPSA) is 81.0 Å². The third-order valence-electron chi connectivity index (χ3n) is 7.75. The average molecular weight is 610 g/mol. The Morgan fingerprint density at radius 3 is 2.44 bits per heavy atom. The Morgan fingerprint density at radius 1 is 1.00 bits per heavy atom. The van der Waals surface area contributed by atoms with Crippen LogP contribution in [0.15, 0.2) is 105 Å². The van der Waals surface area contributed by atoms with Crippen LogP contribution in [-0.2, 0) is 20.9 Å². The average Bonchev–Trinajstić information content (AvgIpc) is 3.50. The van der Waals surface area contributed by atoms with Gasteiger partial charge in [0, 0.05) is 17.0 Å². The van der Waals surface area contributed by atoms with Crippen LogP contribution in [0, 0.1) is 0 Å². The van der Waals surface area contributed by atoms with Crippen molar-refractivity contribution in [3.63, 3.8) is 0 Å². The molecule has 1 aromatic heterocycles. The van der Waals surface area contributed by atoms with Crippen molar-refractivity contribution < 1.29 is 14.3 Å². The van der Waals surface area contributed by atoms with Crippen LogP contribution in [0.1, 0.15) is 49.4 Å². The van der Waals surface area contributed by atoms with Gasteiger partial charge in [0.05, 0.1) is 28.6 Å². The van der Waals surface area contributed by atoms with Gasteiger partial charge in [-0.3, -0.25) is 14.2 Å². The summed E-state index contributed by atoms with van der Waals surface area (Å²) >= 11 is 2.81. The fraction of sp³-hybridized carbons (Fsp3) is 0.235. The van der Waals surface area contributed by atoms with Crippen molar-refractivity contribution in [2.45, 2.75) is 44.2 Å². The molecule has 218 valence electrons. The van der Waals surface area contributed by atoms with Crippen molar-refractivity contribution >= 4 is 46.2 Å². The van der Waals surface area contributed by atoms with Gasteiger partial charge in [0.25, 0.3) is 11.5 Å². The monoisotopic (exact) mass is 609 g/mol. The minimum absolute atomic E-state index is 0.0992. The number of benzene rings is 3. The summed E-state index contributed by atoms with van der Waals surface area (Å²) in [5.41, 5.74) is 4.01. The molecule has 0 saturated carbocycles. The van der Waals surface area contributed by atoms with Gasteiger partial charge in [-0.2, -0.15) is 0 Å². The number of allylic oxidation sites excluding steroid dienone is 1. The van der Waals surface area contributed by atoms with Crippen LogP contribution in [0.5, 0.6) is 0 Å². The van der Waals surface area contributed by atoms with Crippen LogP contribution < -0.4 is 19.8 Å². The number of thioether (sulfide) groups is 1. The van der Waals surface area contributed by atoms with E-state index in [9.17, 15) is 14.4 Å². The minimum atomic E-state index is -0.757. The van der Waals surface area contributed by atoms with Gasteiger partial charge in [-0.05, 0) is 48.9 Å². The molecule has 4 aromatic rings. The molecule has 0 N–H and O–H groups in total. The second-order valence-corrected chi connectivity index (χ2v) is 12.3. The first-order valence-corrected chi connectivity index (χ1v) is 16.3. The van der Waals surface area contributed by atoms with Crippen LogP contribution in [0.25, 0.3) is 5.57 Å². The van der Waals surface area contributed by atoms with Crippen molar-refractivity contribution in [3.05, 3.63) is 127 Å². The molecule has 43 heavy (non-hydrogen) atoms. The zero-order valence-electron chi connectivity index (χ0n) is 24.2. The van der Waals surface area contributed by atoms with Crippen LogP contribution in [-0.4, -0.2) is 29.2 Å². The number of ether oxygens (including phenoxy) is 1. The lowest BCUT2D eigenvalue weighted by atomic mass is 9.96. The molecular formula is C34H31N3O4S2. The van der Waals surface area contributed by atoms with E-state index in [1.165, 1.54) is 11.3 Å². The molecule has 1 amide bonds. The Balaban J connectivity index is 1.51. The Hall–Kier alpha value is -4.21. The molecule has 2 aliphatic rings. The van der Waals surface area contributed by atoms with Crippen LogP contribution >= 0.6 is 23.1 Å². The highest BCUT2D eigenvalue weighted by molar-refractivity contribution is 7.98. The lowest BCUT2D eigenvalue weighted by Gasteiger charge is -2.25. The predicted octanol–water partition coefficient (Wildman–Crippen LogP) is 5.22. The van der Waals surface area contributed by atoms with Crippen LogP contribution in [0.4, 0.5) is 5.69 Å². The SMILES string of the molecule is CCCCN1C(=O)C(=c2sc3n(c2=O)C(c2ccc(SC)cc2)C(C(=O)OCc2ccccc2)=C(C)N=3)c2ccccc21. The third kappa shape index (κ3) is 5.28. The standard InChI is InChI=1S/C34H31N3O4S2/c1-4-5-19-36-26-14-10-9-13-25(26)28(31(36)38)30-32(39)37-29(23-15-17-24(42-3)18-16-23)27(21(2)35-34(37)43-30)33(40)41-20-22-11-7-6-8-12-22/h6-18,29H,4-5,19-20H2,1-3H3. The van der Waals surface area contributed by atoms with E-state index in [2.05, 4.69) is 6.92 Å². The normalized spacial score (nSPS) is 17.0. The first kappa shape index (κ1) is 28.9. The lowest BCUT2D eigenvalue weighted by Crippen LogP contribution is -2.41. The molecule has 7 nitrogen and oxygen atoms in total. The number of carbonyl (C=O) groups excluding carboxylic acids is 2. The van der Waals surface area contributed by atoms with E-state index in [0.717, 1.165) is 40.1 Å². The maximum absolute atomic E-state index is 14.4. The molecule has 3 heterocycles.